The summed E-state index contributed by atoms with van der Waals surface area (Å²) < 4.78 is 12.8. The minimum Gasteiger partial charge on any atom is -0.493 e. The van der Waals surface area contributed by atoms with E-state index in [1.54, 1.807) is 14.2 Å². The number of ether oxygens (including phenoxy) is 2. The van der Waals surface area contributed by atoms with E-state index in [9.17, 15) is 0 Å². The largest absolute Gasteiger partial charge is 0.493 e. The molecule has 2 heterocycles. The second-order valence-corrected chi connectivity index (χ2v) is 5.88. The number of aryl methyl sites for hydroxylation is 2. The highest BCUT2D eigenvalue weighted by Crippen LogP contribution is 2.34. The summed E-state index contributed by atoms with van der Waals surface area (Å²) in [6, 6.07) is 11.9. The van der Waals surface area contributed by atoms with Gasteiger partial charge >= 0.3 is 0 Å². The van der Waals surface area contributed by atoms with E-state index in [0.29, 0.717) is 11.5 Å². The average Bonchev–Trinajstić information content (AvgIpc) is 3.07. The van der Waals surface area contributed by atoms with Crippen molar-refractivity contribution in [2.24, 2.45) is 0 Å². The summed E-state index contributed by atoms with van der Waals surface area (Å²) >= 11 is 0. The third-order valence-corrected chi connectivity index (χ3v) is 4.40. The second-order valence-electron chi connectivity index (χ2n) is 5.88. The third-order valence-electron chi connectivity index (χ3n) is 4.40. The van der Waals surface area contributed by atoms with Crippen LogP contribution in [0.25, 0.3) is 27.9 Å². The summed E-state index contributed by atoms with van der Waals surface area (Å²) in [7, 11) is 3.23. The summed E-state index contributed by atoms with van der Waals surface area (Å²) in [6.07, 6.45) is 0. The molecule has 0 bridgehead atoms. The molecule has 6 nitrogen and oxygen atoms in total. The lowest BCUT2D eigenvalue weighted by Crippen LogP contribution is -2.01. The van der Waals surface area contributed by atoms with Gasteiger partial charge in [0.2, 0.25) is 0 Å². The van der Waals surface area contributed by atoms with Crippen molar-refractivity contribution in [3.05, 3.63) is 47.8 Å². The number of rotatable bonds is 3. The van der Waals surface area contributed by atoms with Gasteiger partial charge in [0.25, 0.3) is 0 Å². The van der Waals surface area contributed by atoms with Gasteiger partial charge in [-0.25, -0.2) is 4.98 Å². The number of hydrogen-bond acceptors (Lipinski definition) is 5. The van der Waals surface area contributed by atoms with Crippen LogP contribution >= 0.6 is 0 Å². The van der Waals surface area contributed by atoms with Crippen LogP contribution in [-0.4, -0.2) is 33.8 Å². The van der Waals surface area contributed by atoms with Crippen LogP contribution in [0.15, 0.2) is 36.4 Å². The van der Waals surface area contributed by atoms with Crippen molar-refractivity contribution in [1.82, 2.24) is 19.6 Å². The van der Waals surface area contributed by atoms with E-state index in [1.807, 2.05) is 41.7 Å². The molecule has 0 spiro atoms. The van der Waals surface area contributed by atoms with E-state index in [-0.39, 0.29) is 0 Å². The van der Waals surface area contributed by atoms with Gasteiger partial charge in [0.15, 0.2) is 23.0 Å². The Kier molecular flexibility index (Phi) is 3.53. The highest BCUT2D eigenvalue weighted by Gasteiger charge is 2.17. The van der Waals surface area contributed by atoms with Crippen molar-refractivity contribution in [1.29, 1.82) is 0 Å². The third kappa shape index (κ3) is 2.29. The molecule has 6 heteroatoms. The molecule has 2 aromatic carbocycles. The first-order valence-corrected chi connectivity index (χ1v) is 7.97. The van der Waals surface area contributed by atoms with Crippen LogP contribution in [0.2, 0.25) is 0 Å². The van der Waals surface area contributed by atoms with Crippen LogP contribution in [0.5, 0.6) is 11.5 Å². The highest BCUT2D eigenvalue weighted by molar-refractivity contribution is 5.94. The molecule has 0 unspecified atom stereocenters. The summed E-state index contributed by atoms with van der Waals surface area (Å²) in [6.45, 7) is 4.02. The molecule has 0 fully saturated rings. The van der Waals surface area contributed by atoms with Gasteiger partial charge in [0.05, 0.1) is 19.7 Å². The molecule has 0 amide bonds. The lowest BCUT2D eigenvalue weighted by Gasteiger charge is -2.11. The Morgan fingerprint density at radius 1 is 0.920 bits per heavy atom. The Morgan fingerprint density at radius 2 is 1.64 bits per heavy atom. The van der Waals surface area contributed by atoms with E-state index < -0.39 is 0 Å². The van der Waals surface area contributed by atoms with Crippen molar-refractivity contribution in [2.45, 2.75) is 13.8 Å². The molecular formula is C19H18N4O2. The summed E-state index contributed by atoms with van der Waals surface area (Å²) in [4.78, 5) is 4.72. The first-order valence-electron chi connectivity index (χ1n) is 7.97. The molecule has 0 aliphatic heterocycles. The van der Waals surface area contributed by atoms with Gasteiger partial charge in [-0.1, -0.05) is 24.3 Å². The maximum Gasteiger partial charge on any atom is 0.172 e. The van der Waals surface area contributed by atoms with Crippen LogP contribution in [-0.2, 0) is 0 Å². The summed E-state index contributed by atoms with van der Waals surface area (Å²) in [5.74, 6) is 2.89. The fraction of sp³-hybridized carbons (Fsp3) is 0.211. The van der Waals surface area contributed by atoms with E-state index in [1.165, 1.54) is 0 Å². The fourth-order valence-electron chi connectivity index (χ4n) is 3.13. The highest BCUT2D eigenvalue weighted by atomic mass is 16.5. The molecular weight excluding hydrogens is 316 g/mol. The Hall–Kier alpha value is -3.15. The minimum absolute atomic E-state index is 0.642. The Bertz CT molecular complexity index is 1100. The molecule has 0 aliphatic carbocycles. The normalized spacial score (nSPS) is 11.2. The van der Waals surface area contributed by atoms with Gasteiger partial charge in [0.1, 0.15) is 5.82 Å². The van der Waals surface area contributed by atoms with Crippen LogP contribution in [0.3, 0.4) is 0 Å². The topological polar surface area (TPSA) is 61.5 Å². The van der Waals surface area contributed by atoms with Crippen molar-refractivity contribution in [2.75, 3.05) is 14.2 Å². The molecule has 25 heavy (non-hydrogen) atoms. The summed E-state index contributed by atoms with van der Waals surface area (Å²) in [5.41, 5.74) is 3.73. The quantitative estimate of drug-likeness (QED) is 0.573. The second kappa shape index (κ2) is 5.73. The Labute approximate surface area is 145 Å². The minimum atomic E-state index is 0.642. The number of hydrogen-bond donors (Lipinski definition) is 0. The molecule has 4 rings (SSSR count). The number of methoxy groups -OCH3 is 2. The molecule has 2 aromatic heterocycles. The molecule has 126 valence electrons. The van der Waals surface area contributed by atoms with Gasteiger partial charge in [0, 0.05) is 17.0 Å². The van der Waals surface area contributed by atoms with Gasteiger partial charge in [-0.15, -0.1) is 10.2 Å². The van der Waals surface area contributed by atoms with Gasteiger partial charge in [-0.05, 0) is 25.5 Å². The first kappa shape index (κ1) is 15.4. The summed E-state index contributed by atoms with van der Waals surface area (Å²) in [5, 5.41) is 9.74. The number of aromatic nitrogens is 4. The number of fused-ring (bicyclic) bond motifs is 3. The monoisotopic (exact) mass is 334 g/mol. The molecule has 0 radical (unpaired) electrons. The Morgan fingerprint density at radius 3 is 2.36 bits per heavy atom. The average molecular weight is 334 g/mol. The van der Waals surface area contributed by atoms with Crippen LogP contribution in [0.1, 0.15) is 11.4 Å². The van der Waals surface area contributed by atoms with Crippen LogP contribution < -0.4 is 9.47 Å². The molecule has 0 saturated carbocycles. The fourth-order valence-corrected chi connectivity index (χ4v) is 3.13. The molecule has 0 atom stereocenters. The van der Waals surface area contributed by atoms with Crippen molar-refractivity contribution in [3.8, 4) is 22.9 Å². The number of nitrogens with zero attached hydrogens (tertiary/aromatic N) is 4. The molecule has 0 aliphatic rings. The van der Waals surface area contributed by atoms with E-state index in [2.05, 4.69) is 23.2 Å². The predicted molar refractivity (Wildman–Crippen MR) is 96.3 cm³/mol. The zero-order valence-electron chi connectivity index (χ0n) is 14.6. The zero-order chi connectivity index (χ0) is 17.6. The van der Waals surface area contributed by atoms with Crippen LogP contribution in [0.4, 0.5) is 0 Å². The van der Waals surface area contributed by atoms with Gasteiger partial charge in [-0.3, -0.25) is 4.40 Å². The maximum absolute atomic E-state index is 5.42. The van der Waals surface area contributed by atoms with Crippen LogP contribution in [0, 0.1) is 13.8 Å². The first-order chi connectivity index (χ1) is 12.1. The lowest BCUT2D eigenvalue weighted by molar-refractivity contribution is 0.356. The molecule has 0 saturated heterocycles. The van der Waals surface area contributed by atoms with E-state index >= 15 is 0 Å². The van der Waals surface area contributed by atoms with E-state index in [0.717, 1.165) is 39.3 Å². The van der Waals surface area contributed by atoms with Crippen molar-refractivity contribution in [3.63, 3.8) is 0 Å². The predicted octanol–water partition coefficient (Wildman–Crippen LogP) is 3.58. The van der Waals surface area contributed by atoms with Gasteiger partial charge in [-0.2, -0.15) is 0 Å². The molecule has 0 N–H and O–H groups in total. The van der Waals surface area contributed by atoms with Gasteiger partial charge < -0.3 is 9.47 Å². The smallest absolute Gasteiger partial charge is 0.172 e. The SMILES string of the molecule is COc1cc2nc(C)n3c(-c4ccccc4C)nnc3c2cc1OC. The van der Waals surface area contributed by atoms with Crippen molar-refractivity contribution >= 4 is 16.6 Å². The zero-order valence-corrected chi connectivity index (χ0v) is 14.6. The maximum atomic E-state index is 5.42. The number of benzene rings is 2. The molecule has 4 aromatic rings. The standard InChI is InChI=1S/C19H18N4O2/c1-11-7-5-6-8-13(11)18-21-22-19-14-9-16(24-3)17(25-4)10-15(14)20-12(2)23(18)19/h5-10H,1-4H3. The van der Waals surface area contributed by atoms with E-state index in [4.69, 9.17) is 14.5 Å². The lowest BCUT2D eigenvalue weighted by atomic mass is 10.1. The van der Waals surface area contributed by atoms with Crippen molar-refractivity contribution < 1.29 is 9.47 Å². The Balaban J connectivity index is 2.08.